The molecule has 2 aromatic carbocycles. The predicted molar refractivity (Wildman–Crippen MR) is 84.7 cm³/mol. The summed E-state index contributed by atoms with van der Waals surface area (Å²) >= 11 is 6.27. The number of carbonyl (C=O) groups is 1. The number of halogens is 1. The molecule has 0 fully saturated rings. The van der Waals surface area contributed by atoms with Gasteiger partial charge in [-0.2, -0.15) is 0 Å². The molecule has 0 saturated carbocycles. The number of hydrogen-bond donors (Lipinski definition) is 1. The fourth-order valence-corrected chi connectivity index (χ4v) is 2.62. The summed E-state index contributed by atoms with van der Waals surface area (Å²) in [6.07, 6.45) is 0. The van der Waals surface area contributed by atoms with Gasteiger partial charge < -0.3 is 9.72 Å². The number of benzene rings is 2. The Morgan fingerprint density at radius 1 is 1.14 bits per heavy atom. The minimum Gasteiger partial charge on any atom is -0.461 e. The number of esters is 1. The Balaban J connectivity index is 2.17. The molecule has 0 aliphatic rings. The molecule has 0 aliphatic carbocycles. The summed E-state index contributed by atoms with van der Waals surface area (Å²) in [4.78, 5) is 15.0. The van der Waals surface area contributed by atoms with Crippen molar-refractivity contribution in [2.45, 2.75) is 6.92 Å². The van der Waals surface area contributed by atoms with Gasteiger partial charge in [-0.3, -0.25) is 0 Å². The molecule has 1 heterocycles. The van der Waals surface area contributed by atoms with Crippen LogP contribution in [0.3, 0.4) is 0 Å². The van der Waals surface area contributed by atoms with E-state index in [2.05, 4.69) is 4.98 Å². The Hall–Kier alpha value is -2.26. The van der Waals surface area contributed by atoms with Crippen molar-refractivity contribution in [3.8, 4) is 11.1 Å². The highest BCUT2D eigenvalue weighted by atomic mass is 35.5. The maximum Gasteiger partial charge on any atom is 0.354 e. The monoisotopic (exact) mass is 299 g/mol. The van der Waals surface area contributed by atoms with Crippen LogP contribution in [0, 0.1) is 0 Å². The first kappa shape index (κ1) is 13.7. The third-order valence-electron chi connectivity index (χ3n) is 3.32. The van der Waals surface area contributed by atoms with Gasteiger partial charge in [-0.25, -0.2) is 4.79 Å². The molecule has 0 bridgehead atoms. The van der Waals surface area contributed by atoms with Gasteiger partial charge in [0.25, 0.3) is 0 Å². The van der Waals surface area contributed by atoms with Crippen molar-refractivity contribution < 1.29 is 9.53 Å². The SMILES string of the molecule is CCOC(=O)c1cc2cccc(-c3ccccc3Cl)c2[nH]1. The molecule has 0 spiro atoms. The summed E-state index contributed by atoms with van der Waals surface area (Å²) in [6.45, 7) is 2.14. The number of fused-ring (bicyclic) bond motifs is 1. The van der Waals surface area contributed by atoms with Gasteiger partial charge in [-0.1, -0.05) is 48.0 Å². The van der Waals surface area contributed by atoms with E-state index < -0.39 is 0 Å². The summed E-state index contributed by atoms with van der Waals surface area (Å²) < 4.78 is 5.03. The van der Waals surface area contributed by atoms with Crippen molar-refractivity contribution in [3.63, 3.8) is 0 Å². The lowest BCUT2D eigenvalue weighted by Gasteiger charge is -2.05. The van der Waals surface area contributed by atoms with E-state index >= 15 is 0 Å². The molecule has 3 nitrogen and oxygen atoms in total. The van der Waals surface area contributed by atoms with Gasteiger partial charge in [-0.05, 0) is 19.1 Å². The van der Waals surface area contributed by atoms with Crippen molar-refractivity contribution in [1.82, 2.24) is 4.98 Å². The molecule has 21 heavy (non-hydrogen) atoms. The molecule has 0 atom stereocenters. The number of H-pyrrole nitrogens is 1. The zero-order valence-electron chi connectivity index (χ0n) is 11.5. The molecule has 0 aliphatic heterocycles. The molecule has 106 valence electrons. The van der Waals surface area contributed by atoms with Crippen LogP contribution >= 0.6 is 11.6 Å². The zero-order chi connectivity index (χ0) is 14.8. The molecule has 0 radical (unpaired) electrons. The lowest BCUT2D eigenvalue weighted by molar-refractivity contribution is 0.0520. The first-order valence-electron chi connectivity index (χ1n) is 6.74. The number of para-hydroxylation sites is 1. The molecular formula is C17H14ClNO2. The Morgan fingerprint density at radius 3 is 2.67 bits per heavy atom. The van der Waals surface area contributed by atoms with Crippen LogP contribution in [0.15, 0.2) is 48.5 Å². The topological polar surface area (TPSA) is 42.1 Å². The number of rotatable bonds is 3. The predicted octanol–water partition coefficient (Wildman–Crippen LogP) is 4.67. The average Bonchev–Trinajstić information content (AvgIpc) is 2.92. The van der Waals surface area contributed by atoms with Crippen molar-refractivity contribution in [2.75, 3.05) is 6.61 Å². The highest BCUT2D eigenvalue weighted by molar-refractivity contribution is 6.33. The Labute approximate surface area is 127 Å². The first-order valence-corrected chi connectivity index (χ1v) is 7.12. The molecule has 1 aromatic heterocycles. The fourth-order valence-electron chi connectivity index (χ4n) is 2.38. The second kappa shape index (κ2) is 5.62. The molecule has 0 unspecified atom stereocenters. The first-order chi connectivity index (χ1) is 10.2. The number of carbonyl (C=O) groups excluding carboxylic acids is 1. The van der Waals surface area contributed by atoms with Gasteiger partial charge >= 0.3 is 5.97 Å². The van der Waals surface area contributed by atoms with Crippen molar-refractivity contribution in [1.29, 1.82) is 0 Å². The fraction of sp³-hybridized carbons (Fsp3) is 0.118. The average molecular weight is 300 g/mol. The maximum absolute atomic E-state index is 11.8. The van der Waals surface area contributed by atoms with Gasteiger partial charge in [-0.15, -0.1) is 0 Å². The molecule has 3 rings (SSSR count). The van der Waals surface area contributed by atoms with E-state index in [0.29, 0.717) is 17.3 Å². The molecule has 4 heteroatoms. The summed E-state index contributed by atoms with van der Waals surface area (Å²) in [6, 6.07) is 15.3. The van der Waals surface area contributed by atoms with Crippen LogP contribution in [-0.4, -0.2) is 17.6 Å². The van der Waals surface area contributed by atoms with Crippen molar-refractivity contribution in [3.05, 3.63) is 59.2 Å². The van der Waals surface area contributed by atoms with Gasteiger partial charge in [0.05, 0.1) is 12.1 Å². The van der Waals surface area contributed by atoms with Gasteiger partial charge in [0.15, 0.2) is 0 Å². The Morgan fingerprint density at radius 2 is 1.90 bits per heavy atom. The lowest BCUT2D eigenvalue weighted by atomic mass is 10.0. The smallest absolute Gasteiger partial charge is 0.354 e. The highest BCUT2D eigenvalue weighted by Crippen LogP contribution is 2.33. The summed E-state index contributed by atoms with van der Waals surface area (Å²) in [5.41, 5.74) is 3.23. The van der Waals surface area contributed by atoms with Crippen LogP contribution in [0.25, 0.3) is 22.0 Å². The molecule has 0 amide bonds. The van der Waals surface area contributed by atoms with E-state index in [-0.39, 0.29) is 5.97 Å². The normalized spacial score (nSPS) is 10.8. The highest BCUT2D eigenvalue weighted by Gasteiger charge is 2.14. The number of hydrogen-bond acceptors (Lipinski definition) is 2. The molecule has 0 saturated heterocycles. The van der Waals surface area contributed by atoms with E-state index in [1.165, 1.54) is 0 Å². The maximum atomic E-state index is 11.8. The van der Waals surface area contributed by atoms with Crippen LogP contribution in [0.1, 0.15) is 17.4 Å². The number of aromatic nitrogens is 1. The van der Waals surface area contributed by atoms with Gasteiger partial charge in [0.1, 0.15) is 5.69 Å². The van der Waals surface area contributed by atoms with Gasteiger partial charge in [0.2, 0.25) is 0 Å². The van der Waals surface area contributed by atoms with Gasteiger partial charge in [0, 0.05) is 21.5 Å². The second-order valence-electron chi connectivity index (χ2n) is 4.65. The van der Waals surface area contributed by atoms with E-state index in [9.17, 15) is 4.79 Å². The Kier molecular flexibility index (Phi) is 3.67. The Bertz CT molecular complexity index is 807. The standard InChI is InChI=1S/C17H14ClNO2/c1-2-21-17(20)15-10-11-6-5-8-13(16(11)19-15)12-7-3-4-9-14(12)18/h3-10,19H,2H2,1H3. The van der Waals surface area contributed by atoms with Crippen LogP contribution in [0.2, 0.25) is 5.02 Å². The van der Waals surface area contributed by atoms with Crippen LogP contribution in [0.5, 0.6) is 0 Å². The van der Waals surface area contributed by atoms with E-state index in [1.807, 2.05) is 42.5 Å². The van der Waals surface area contributed by atoms with E-state index in [0.717, 1.165) is 22.0 Å². The molecular weight excluding hydrogens is 286 g/mol. The summed E-state index contributed by atoms with van der Waals surface area (Å²) in [7, 11) is 0. The quantitative estimate of drug-likeness (QED) is 0.714. The number of nitrogens with one attached hydrogen (secondary N) is 1. The zero-order valence-corrected chi connectivity index (χ0v) is 12.3. The number of aromatic amines is 1. The van der Waals surface area contributed by atoms with Crippen LogP contribution in [0.4, 0.5) is 0 Å². The largest absolute Gasteiger partial charge is 0.461 e. The van der Waals surface area contributed by atoms with Crippen molar-refractivity contribution in [2.24, 2.45) is 0 Å². The minimum atomic E-state index is -0.348. The third-order valence-corrected chi connectivity index (χ3v) is 3.65. The lowest BCUT2D eigenvalue weighted by Crippen LogP contribution is -2.04. The number of ether oxygens (including phenoxy) is 1. The van der Waals surface area contributed by atoms with Crippen molar-refractivity contribution >= 4 is 28.5 Å². The summed E-state index contributed by atoms with van der Waals surface area (Å²) in [5.74, 6) is -0.348. The van der Waals surface area contributed by atoms with Crippen LogP contribution in [-0.2, 0) is 4.74 Å². The minimum absolute atomic E-state index is 0.348. The molecule has 3 aromatic rings. The van der Waals surface area contributed by atoms with E-state index in [4.69, 9.17) is 16.3 Å². The summed E-state index contributed by atoms with van der Waals surface area (Å²) in [5, 5.41) is 1.63. The third kappa shape index (κ3) is 2.52. The van der Waals surface area contributed by atoms with E-state index in [1.54, 1.807) is 13.0 Å². The van der Waals surface area contributed by atoms with Crippen LogP contribution < -0.4 is 0 Å². The molecule has 1 N–H and O–H groups in total. The second-order valence-corrected chi connectivity index (χ2v) is 5.06.